The number of anilines is 1. The van der Waals surface area contributed by atoms with Crippen LogP contribution in [0.5, 0.6) is 11.5 Å². The molecule has 0 aliphatic carbocycles. The minimum atomic E-state index is -0.770. The SMILES string of the molecule is COc1ccc(C(=O)Nc2nc3c(F)cc(F)cc3s2)cc1OC. The lowest BCUT2D eigenvalue weighted by Crippen LogP contribution is -2.11. The summed E-state index contributed by atoms with van der Waals surface area (Å²) < 4.78 is 37.4. The first-order valence-electron chi connectivity index (χ1n) is 6.81. The fraction of sp³-hybridized carbons (Fsp3) is 0.125. The molecule has 3 rings (SSSR count). The van der Waals surface area contributed by atoms with Gasteiger partial charge in [0, 0.05) is 11.6 Å². The first-order chi connectivity index (χ1) is 11.5. The van der Waals surface area contributed by atoms with Crippen LogP contribution in [0.4, 0.5) is 13.9 Å². The van der Waals surface area contributed by atoms with Crippen molar-refractivity contribution >= 4 is 32.6 Å². The number of carbonyl (C=O) groups is 1. The van der Waals surface area contributed by atoms with Crippen molar-refractivity contribution in [3.8, 4) is 11.5 Å². The maximum atomic E-state index is 13.7. The molecule has 1 amide bonds. The van der Waals surface area contributed by atoms with Gasteiger partial charge in [-0.05, 0) is 24.3 Å². The van der Waals surface area contributed by atoms with Crippen molar-refractivity contribution in [3.63, 3.8) is 0 Å². The molecule has 0 saturated heterocycles. The molecule has 0 atom stereocenters. The molecular formula is C16H12F2N2O3S. The second-order valence-corrected chi connectivity index (χ2v) is 5.81. The van der Waals surface area contributed by atoms with Crippen LogP contribution < -0.4 is 14.8 Å². The molecule has 0 saturated carbocycles. The molecule has 8 heteroatoms. The fourth-order valence-corrected chi connectivity index (χ4v) is 3.06. The summed E-state index contributed by atoms with van der Waals surface area (Å²) in [6.07, 6.45) is 0. The van der Waals surface area contributed by atoms with Crippen LogP contribution in [0.15, 0.2) is 30.3 Å². The summed E-state index contributed by atoms with van der Waals surface area (Å²) >= 11 is 0.987. The smallest absolute Gasteiger partial charge is 0.257 e. The van der Waals surface area contributed by atoms with Crippen LogP contribution in [0, 0.1) is 11.6 Å². The quantitative estimate of drug-likeness (QED) is 0.777. The van der Waals surface area contributed by atoms with Crippen LogP contribution >= 0.6 is 11.3 Å². The third-order valence-electron chi connectivity index (χ3n) is 3.28. The van der Waals surface area contributed by atoms with E-state index in [4.69, 9.17) is 9.47 Å². The number of ether oxygens (including phenoxy) is 2. The molecule has 0 bridgehead atoms. The van der Waals surface area contributed by atoms with E-state index < -0.39 is 17.5 Å². The van der Waals surface area contributed by atoms with Gasteiger partial charge in [-0.2, -0.15) is 0 Å². The van der Waals surface area contributed by atoms with Gasteiger partial charge in [0.25, 0.3) is 5.91 Å². The number of hydrogen-bond donors (Lipinski definition) is 1. The second-order valence-electron chi connectivity index (χ2n) is 4.78. The van der Waals surface area contributed by atoms with Crippen molar-refractivity contribution in [1.82, 2.24) is 4.98 Å². The van der Waals surface area contributed by atoms with Crippen molar-refractivity contribution in [3.05, 3.63) is 47.5 Å². The van der Waals surface area contributed by atoms with E-state index in [1.165, 1.54) is 26.4 Å². The minimum absolute atomic E-state index is 0.0176. The number of methoxy groups -OCH3 is 2. The average molecular weight is 350 g/mol. The van der Waals surface area contributed by atoms with Gasteiger partial charge in [-0.25, -0.2) is 13.8 Å². The number of fused-ring (bicyclic) bond motifs is 1. The number of carbonyl (C=O) groups excluding carboxylic acids is 1. The Hall–Kier alpha value is -2.74. The van der Waals surface area contributed by atoms with Crippen molar-refractivity contribution in [2.45, 2.75) is 0 Å². The molecule has 3 aromatic rings. The molecule has 1 heterocycles. The highest BCUT2D eigenvalue weighted by Gasteiger charge is 2.15. The summed E-state index contributed by atoms with van der Waals surface area (Å²) in [4.78, 5) is 16.3. The Bertz CT molecular complexity index is 927. The lowest BCUT2D eigenvalue weighted by molar-refractivity contribution is 0.102. The van der Waals surface area contributed by atoms with E-state index in [2.05, 4.69) is 10.3 Å². The molecule has 0 aliphatic rings. The highest BCUT2D eigenvalue weighted by Crippen LogP contribution is 2.30. The van der Waals surface area contributed by atoms with Crippen molar-refractivity contribution in [2.75, 3.05) is 19.5 Å². The van der Waals surface area contributed by atoms with E-state index in [0.717, 1.165) is 17.4 Å². The monoisotopic (exact) mass is 350 g/mol. The highest BCUT2D eigenvalue weighted by atomic mass is 32.1. The highest BCUT2D eigenvalue weighted by molar-refractivity contribution is 7.22. The lowest BCUT2D eigenvalue weighted by Gasteiger charge is -2.09. The van der Waals surface area contributed by atoms with Gasteiger partial charge in [-0.3, -0.25) is 10.1 Å². The number of thiazole rings is 1. The molecule has 1 aromatic heterocycles. The topological polar surface area (TPSA) is 60.5 Å². The van der Waals surface area contributed by atoms with Crippen LogP contribution in [0.2, 0.25) is 0 Å². The van der Waals surface area contributed by atoms with Gasteiger partial charge < -0.3 is 9.47 Å². The van der Waals surface area contributed by atoms with E-state index in [1.54, 1.807) is 12.1 Å². The number of rotatable bonds is 4. The summed E-state index contributed by atoms with van der Waals surface area (Å²) in [5.41, 5.74) is 0.336. The molecular weight excluding hydrogens is 338 g/mol. The van der Waals surface area contributed by atoms with Crippen LogP contribution in [0.3, 0.4) is 0 Å². The summed E-state index contributed by atoms with van der Waals surface area (Å²) in [6.45, 7) is 0. The molecule has 0 unspecified atom stereocenters. The predicted molar refractivity (Wildman–Crippen MR) is 87.0 cm³/mol. The average Bonchev–Trinajstić information content (AvgIpc) is 2.96. The third kappa shape index (κ3) is 3.00. The van der Waals surface area contributed by atoms with Crippen molar-refractivity contribution in [1.29, 1.82) is 0 Å². The molecule has 1 N–H and O–H groups in total. The molecule has 0 spiro atoms. The maximum Gasteiger partial charge on any atom is 0.257 e. The van der Waals surface area contributed by atoms with Gasteiger partial charge in [0.05, 0.1) is 18.9 Å². The first-order valence-corrected chi connectivity index (χ1v) is 7.62. The van der Waals surface area contributed by atoms with Gasteiger partial charge in [-0.15, -0.1) is 0 Å². The van der Waals surface area contributed by atoms with Crippen LogP contribution in [-0.4, -0.2) is 25.1 Å². The maximum absolute atomic E-state index is 13.7. The summed E-state index contributed by atoms with van der Waals surface area (Å²) in [6, 6.07) is 6.59. The number of halogens is 2. The van der Waals surface area contributed by atoms with Gasteiger partial charge in [0.1, 0.15) is 11.3 Å². The normalized spacial score (nSPS) is 10.7. The van der Waals surface area contributed by atoms with E-state index in [0.29, 0.717) is 21.8 Å². The summed E-state index contributed by atoms with van der Waals surface area (Å²) in [5, 5.41) is 2.74. The Balaban J connectivity index is 1.88. The Morgan fingerprint density at radius 1 is 1.12 bits per heavy atom. The number of benzene rings is 2. The second kappa shape index (κ2) is 6.40. The molecule has 0 fully saturated rings. The zero-order valence-corrected chi connectivity index (χ0v) is 13.5. The van der Waals surface area contributed by atoms with Crippen LogP contribution in [-0.2, 0) is 0 Å². The largest absolute Gasteiger partial charge is 0.493 e. The van der Waals surface area contributed by atoms with Gasteiger partial charge in [0.2, 0.25) is 0 Å². The van der Waals surface area contributed by atoms with E-state index >= 15 is 0 Å². The van der Waals surface area contributed by atoms with Gasteiger partial charge >= 0.3 is 0 Å². The third-order valence-corrected chi connectivity index (χ3v) is 4.20. The lowest BCUT2D eigenvalue weighted by atomic mass is 10.2. The Morgan fingerprint density at radius 3 is 2.58 bits per heavy atom. The number of hydrogen-bond acceptors (Lipinski definition) is 5. The number of amides is 1. The molecule has 24 heavy (non-hydrogen) atoms. The summed E-state index contributed by atoms with van der Waals surface area (Å²) in [7, 11) is 2.96. The zero-order chi connectivity index (χ0) is 17.3. The Morgan fingerprint density at radius 2 is 1.88 bits per heavy atom. The standard InChI is InChI=1S/C16H12F2N2O3S/c1-22-11-4-3-8(5-12(11)23-2)15(21)20-16-19-14-10(18)6-9(17)7-13(14)24-16/h3-7H,1-2H3,(H,19,20,21). The van der Waals surface area contributed by atoms with E-state index in [1.807, 2.05) is 0 Å². The number of nitrogens with zero attached hydrogens (tertiary/aromatic N) is 1. The fourth-order valence-electron chi connectivity index (χ4n) is 2.16. The molecule has 124 valence electrons. The molecule has 0 radical (unpaired) electrons. The van der Waals surface area contributed by atoms with Gasteiger partial charge in [0.15, 0.2) is 22.4 Å². The molecule has 5 nitrogen and oxygen atoms in total. The zero-order valence-electron chi connectivity index (χ0n) is 12.7. The van der Waals surface area contributed by atoms with Crippen molar-refractivity contribution < 1.29 is 23.0 Å². The van der Waals surface area contributed by atoms with E-state index in [-0.39, 0.29) is 10.6 Å². The Labute approximate surface area is 139 Å². The molecule has 2 aromatic carbocycles. The number of nitrogens with one attached hydrogen (secondary N) is 1. The van der Waals surface area contributed by atoms with Crippen LogP contribution in [0.1, 0.15) is 10.4 Å². The number of aromatic nitrogens is 1. The van der Waals surface area contributed by atoms with Gasteiger partial charge in [-0.1, -0.05) is 11.3 Å². The minimum Gasteiger partial charge on any atom is -0.493 e. The molecule has 0 aliphatic heterocycles. The Kier molecular flexibility index (Phi) is 4.30. The van der Waals surface area contributed by atoms with Crippen molar-refractivity contribution in [2.24, 2.45) is 0 Å². The van der Waals surface area contributed by atoms with E-state index in [9.17, 15) is 13.6 Å². The van der Waals surface area contributed by atoms with Crippen LogP contribution in [0.25, 0.3) is 10.2 Å². The summed E-state index contributed by atoms with van der Waals surface area (Å²) in [5.74, 6) is -1.01. The first kappa shape index (κ1) is 16.1. The predicted octanol–water partition coefficient (Wildman–Crippen LogP) is 3.84.